The van der Waals surface area contributed by atoms with Crippen LogP contribution < -0.4 is 0 Å². The maximum atomic E-state index is 13.6. The van der Waals surface area contributed by atoms with Gasteiger partial charge in [-0.2, -0.15) is 0 Å². The molecule has 0 aliphatic heterocycles. The van der Waals surface area contributed by atoms with Crippen LogP contribution in [0.3, 0.4) is 0 Å². The summed E-state index contributed by atoms with van der Waals surface area (Å²) < 4.78 is 43.6. The smallest absolute Gasteiger partial charge is 0.306 e. The van der Waals surface area contributed by atoms with Gasteiger partial charge in [0.1, 0.15) is 10.7 Å². The van der Waals surface area contributed by atoms with Gasteiger partial charge >= 0.3 is 5.97 Å². The number of carbonyl (C=O) groups is 1. The highest BCUT2D eigenvalue weighted by Crippen LogP contribution is 2.22. The second-order valence-corrected chi connectivity index (χ2v) is 6.66. The summed E-state index contributed by atoms with van der Waals surface area (Å²) >= 11 is 3.05. The Labute approximate surface area is 119 Å². The van der Waals surface area contributed by atoms with Gasteiger partial charge in [0.05, 0.1) is 13.5 Å². The molecule has 8 heteroatoms. The van der Waals surface area contributed by atoms with E-state index in [0.717, 1.165) is 10.4 Å². The first kappa shape index (κ1) is 16.1. The fraction of sp³-hybridized carbons (Fsp3) is 0.364. The van der Waals surface area contributed by atoms with E-state index in [2.05, 4.69) is 20.7 Å². The molecule has 0 aliphatic carbocycles. The van der Waals surface area contributed by atoms with Crippen LogP contribution in [0.1, 0.15) is 6.42 Å². The van der Waals surface area contributed by atoms with Gasteiger partial charge in [-0.25, -0.2) is 17.1 Å². The summed E-state index contributed by atoms with van der Waals surface area (Å²) in [4.78, 5) is 10.5. The minimum absolute atomic E-state index is 0.0789. The van der Waals surface area contributed by atoms with Crippen molar-refractivity contribution in [2.75, 3.05) is 20.7 Å². The van der Waals surface area contributed by atoms with Crippen LogP contribution in [0.15, 0.2) is 27.6 Å². The molecular formula is C11H13BrFNO4S. The number of ether oxygens (including phenoxy) is 1. The van der Waals surface area contributed by atoms with E-state index in [4.69, 9.17) is 0 Å². The molecule has 0 atom stereocenters. The first-order chi connectivity index (χ1) is 8.78. The molecular weight excluding hydrogens is 341 g/mol. The van der Waals surface area contributed by atoms with Crippen molar-refractivity contribution in [1.82, 2.24) is 4.31 Å². The predicted octanol–water partition coefficient (Wildman–Crippen LogP) is 1.77. The van der Waals surface area contributed by atoms with Crippen LogP contribution in [0.2, 0.25) is 0 Å². The summed E-state index contributed by atoms with van der Waals surface area (Å²) in [6, 6.07) is 3.68. The highest BCUT2D eigenvalue weighted by Gasteiger charge is 2.24. The number of hydrogen-bond donors (Lipinski definition) is 0. The van der Waals surface area contributed by atoms with E-state index in [0.29, 0.717) is 4.47 Å². The quantitative estimate of drug-likeness (QED) is 0.756. The molecule has 0 fully saturated rings. The van der Waals surface area contributed by atoms with Gasteiger partial charge in [-0.15, -0.1) is 0 Å². The van der Waals surface area contributed by atoms with Crippen molar-refractivity contribution < 1.29 is 22.3 Å². The molecule has 0 bridgehead atoms. The third-order valence-electron chi connectivity index (χ3n) is 2.44. The van der Waals surface area contributed by atoms with E-state index in [1.165, 1.54) is 26.3 Å². The zero-order valence-electron chi connectivity index (χ0n) is 10.4. The minimum atomic E-state index is -3.96. The van der Waals surface area contributed by atoms with Crippen molar-refractivity contribution >= 4 is 31.9 Å². The zero-order valence-corrected chi connectivity index (χ0v) is 12.8. The van der Waals surface area contributed by atoms with E-state index in [1.807, 2.05) is 0 Å². The number of benzene rings is 1. The van der Waals surface area contributed by atoms with Gasteiger partial charge in [0.15, 0.2) is 0 Å². The normalized spacial score (nSPS) is 11.6. The van der Waals surface area contributed by atoms with Crippen molar-refractivity contribution in [2.24, 2.45) is 0 Å². The zero-order chi connectivity index (χ0) is 14.6. The molecule has 5 nitrogen and oxygen atoms in total. The number of esters is 1. The van der Waals surface area contributed by atoms with Crippen LogP contribution in [0.4, 0.5) is 4.39 Å². The fourth-order valence-electron chi connectivity index (χ4n) is 1.32. The molecule has 1 rings (SSSR count). The summed E-state index contributed by atoms with van der Waals surface area (Å²) in [5.41, 5.74) is 0. The summed E-state index contributed by atoms with van der Waals surface area (Å²) in [6.07, 6.45) is -0.0929. The van der Waals surface area contributed by atoms with Crippen LogP contribution in [0.5, 0.6) is 0 Å². The number of halogens is 2. The van der Waals surface area contributed by atoms with E-state index >= 15 is 0 Å². The second-order valence-electron chi connectivity index (χ2n) is 3.73. The molecule has 0 amide bonds. The number of methoxy groups -OCH3 is 1. The van der Waals surface area contributed by atoms with E-state index in [-0.39, 0.29) is 13.0 Å². The Morgan fingerprint density at radius 2 is 2.11 bits per heavy atom. The van der Waals surface area contributed by atoms with E-state index in [9.17, 15) is 17.6 Å². The largest absolute Gasteiger partial charge is 0.469 e. The Hall–Kier alpha value is -0.990. The monoisotopic (exact) mass is 353 g/mol. The number of carbonyl (C=O) groups excluding carboxylic acids is 1. The molecule has 106 valence electrons. The van der Waals surface area contributed by atoms with Crippen molar-refractivity contribution in [2.45, 2.75) is 11.3 Å². The van der Waals surface area contributed by atoms with Gasteiger partial charge in [0.25, 0.3) is 0 Å². The van der Waals surface area contributed by atoms with Gasteiger partial charge in [-0.3, -0.25) is 4.79 Å². The van der Waals surface area contributed by atoms with Gasteiger partial charge < -0.3 is 4.74 Å². The van der Waals surface area contributed by atoms with E-state index < -0.39 is 26.7 Å². The summed E-state index contributed by atoms with van der Waals surface area (Å²) in [7, 11) is -1.47. The molecule has 0 heterocycles. The van der Waals surface area contributed by atoms with Crippen LogP contribution in [0, 0.1) is 5.82 Å². The predicted molar refractivity (Wildman–Crippen MR) is 70.5 cm³/mol. The molecule has 0 spiro atoms. The van der Waals surface area contributed by atoms with Crippen molar-refractivity contribution in [3.05, 3.63) is 28.5 Å². The molecule has 0 N–H and O–H groups in total. The summed E-state index contributed by atoms with van der Waals surface area (Å²) in [5.74, 6) is -1.38. The van der Waals surface area contributed by atoms with Gasteiger partial charge in [-0.1, -0.05) is 15.9 Å². The average molecular weight is 354 g/mol. The first-order valence-electron chi connectivity index (χ1n) is 5.27. The minimum Gasteiger partial charge on any atom is -0.469 e. The van der Waals surface area contributed by atoms with Gasteiger partial charge in [0.2, 0.25) is 10.0 Å². The summed E-state index contributed by atoms with van der Waals surface area (Å²) in [5, 5.41) is 0. The third-order valence-corrected chi connectivity index (χ3v) is 4.82. The molecule has 0 aromatic heterocycles. The maximum Gasteiger partial charge on any atom is 0.306 e. The Bertz CT molecular complexity index is 576. The van der Waals surface area contributed by atoms with Gasteiger partial charge in [0, 0.05) is 18.1 Å². The Morgan fingerprint density at radius 1 is 1.47 bits per heavy atom. The lowest BCUT2D eigenvalue weighted by atomic mass is 10.3. The molecule has 0 aliphatic rings. The lowest BCUT2D eigenvalue weighted by molar-refractivity contribution is -0.140. The van der Waals surface area contributed by atoms with Crippen molar-refractivity contribution in [3.63, 3.8) is 0 Å². The van der Waals surface area contributed by atoms with E-state index in [1.54, 1.807) is 0 Å². The molecule has 1 aromatic rings. The lowest BCUT2D eigenvalue weighted by Crippen LogP contribution is -2.30. The summed E-state index contributed by atoms with van der Waals surface area (Å²) in [6.45, 7) is -0.0789. The fourth-order valence-corrected chi connectivity index (χ4v) is 2.87. The van der Waals surface area contributed by atoms with Crippen LogP contribution in [-0.2, 0) is 19.6 Å². The molecule has 0 saturated heterocycles. The van der Waals surface area contributed by atoms with Crippen LogP contribution in [-0.4, -0.2) is 39.4 Å². The standard InChI is InChI=1S/C11H13BrFNO4S/c1-14(6-5-11(15)18-2)19(16,17)10-4-3-8(12)7-9(10)13/h3-4,7H,5-6H2,1-2H3. The lowest BCUT2D eigenvalue weighted by Gasteiger charge is -2.17. The number of sulfonamides is 1. The third kappa shape index (κ3) is 3.99. The Morgan fingerprint density at radius 3 is 2.63 bits per heavy atom. The second kappa shape index (κ2) is 6.44. The molecule has 0 radical (unpaired) electrons. The Kier molecular flexibility index (Phi) is 5.45. The molecule has 1 aromatic carbocycles. The van der Waals surface area contributed by atoms with Crippen molar-refractivity contribution in [1.29, 1.82) is 0 Å². The number of nitrogens with zero attached hydrogens (tertiary/aromatic N) is 1. The maximum absolute atomic E-state index is 13.6. The average Bonchev–Trinajstić information content (AvgIpc) is 2.34. The number of rotatable bonds is 5. The number of hydrogen-bond acceptors (Lipinski definition) is 4. The molecule has 19 heavy (non-hydrogen) atoms. The highest BCUT2D eigenvalue weighted by molar-refractivity contribution is 9.10. The van der Waals surface area contributed by atoms with Crippen LogP contribution >= 0.6 is 15.9 Å². The SMILES string of the molecule is COC(=O)CCN(C)S(=O)(=O)c1ccc(Br)cc1F. The topological polar surface area (TPSA) is 63.7 Å². The highest BCUT2D eigenvalue weighted by atomic mass is 79.9. The first-order valence-corrected chi connectivity index (χ1v) is 7.50. The molecule has 0 unspecified atom stereocenters. The molecule has 0 saturated carbocycles. The van der Waals surface area contributed by atoms with Crippen molar-refractivity contribution in [3.8, 4) is 0 Å². The van der Waals surface area contributed by atoms with Crippen LogP contribution in [0.25, 0.3) is 0 Å². The Balaban J connectivity index is 2.94. The van der Waals surface area contributed by atoms with Gasteiger partial charge in [-0.05, 0) is 18.2 Å².